The first-order chi connectivity index (χ1) is 7.81. The molecule has 1 N–H and O–H groups in total. The van der Waals surface area contributed by atoms with Gasteiger partial charge in [0.15, 0.2) is 5.76 Å². The Morgan fingerprint density at radius 2 is 2.25 bits per heavy atom. The molecule has 4 heteroatoms. The third-order valence-electron chi connectivity index (χ3n) is 2.24. The molecule has 0 aliphatic rings. The van der Waals surface area contributed by atoms with Crippen LogP contribution in [-0.4, -0.2) is 26.2 Å². The molecule has 0 spiro atoms. The fourth-order valence-electron chi connectivity index (χ4n) is 1.45. The summed E-state index contributed by atoms with van der Waals surface area (Å²) in [6.07, 6.45) is 0. The van der Waals surface area contributed by atoms with E-state index in [1.54, 1.807) is 13.2 Å². The smallest absolute Gasteiger partial charge is 0.287 e. The highest BCUT2D eigenvalue weighted by Gasteiger charge is 2.10. The predicted octanol–water partition coefficient (Wildman–Crippen LogP) is 1.81. The molecule has 4 nitrogen and oxygen atoms in total. The van der Waals surface area contributed by atoms with Crippen molar-refractivity contribution in [3.05, 3.63) is 36.1 Å². The van der Waals surface area contributed by atoms with Gasteiger partial charge in [0.05, 0.1) is 6.61 Å². The Balaban J connectivity index is 2.11. The predicted molar refractivity (Wildman–Crippen MR) is 60.4 cm³/mol. The Hall–Kier alpha value is -1.81. The number of benzene rings is 1. The van der Waals surface area contributed by atoms with Crippen LogP contribution in [0.15, 0.2) is 34.7 Å². The van der Waals surface area contributed by atoms with Gasteiger partial charge in [-0.05, 0) is 12.1 Å². The number of furan rings is 1. The van der Waals surface area contributed by atoms with E-state index in [1.165, 1.54) is 0 Å². The van der Waals surface area contributed by atoms with Crippen LogP contribution in [0.4, 0.5) is 0 Å². The lowest BCUT2D eigenvalue weighted by atomic mass is 10.2. The van der Waals surface area contributed by atoms with Crippen molar-refractivity contribution in [2.75, 3.05) is 20.3 Å². The average molecular weight is 219 g/mol. The quantitative estimate of drug-likeness (QED) is 0.798. The number of amides is 1. The molecule has 1 amide bonds. The van der Waals surface area contributed by atoms with Crippen LogP contribution in [0.2, 0.25) is 0 Å². The van der Waals surface area contributed by atoms with E-state index < -0.39 is 0 Å². The summed E-state index contributed by atoms with van der Waals surface area (Å²) < 4.78 is 10.2. The lowest BCUT2D eigenvalue weighted by Crippen LogP contribution is -2.26. The molecule has 84 valence electrons. The van der Waals surface area contributed by atoms with E-state index in [9.17, 15) is 4.79 Å². The van der Waals surface area contributed by atoms with Gasteiger partial charge in [0, 0.05) is 19.0 Å². The number of carbonyl (C=O) groups excluding carboxylic acids is 1. The van der Waals surface area contributed by atoms with Crippen molar-refractivity contribution in [3.63, 3.8) is 0 Å². The van der Waals surface area contributed by atoms with Crippen LogP contribution >= 0.6 is 0 Å². The summed E-state index contributed by atoms with van der Waals surface area (Å²) in [6, 6.07) is 9.26. The zero-order valence-electron chi connectivity index (χ0n) is 9.03. The maximum Gasteiger partial charge on any atom is 0.287 e. The lowest BCUT2D eigenvalue weighted by molar-refractivity contribution is 0.0911. The maximum atomic E-state index is 11.6. The fourth-order valence-corrected chi connectivity index (χ4v) is 1.45. The number of hydrogen-bond acceptors (Lipinski definition) is 3. The molecule has 2 rings (SSSR count). The third kappa shape index (κ3) is 2.23. The van der Waals surface area contributed by atoms with Crippen molar-refractivity contribution < 1.29 is 13.9 Å². The van der Waals surface area contributed by atoms with Crippen molar-refractivity contribution in [2.24, 2.45) is 0 Å². The standard InChI is InChI=1S/C12H13NO3/c1-15-7-6-13-12(14)11-8-9-4-2-3-5-10(9)16-11/h2-5,8H,6-7H2,1H3,(H,13,14). The molecule has 1 aromatic carbocycles. The van der Waals surface area contributed by atoms with E-state index in [2.05, 4.69) is 5.32 Å². The van der Waals surface area contributed by atoms with Gasteiger partial charge in [-0.2, -0.15) is 0 Å². The topological polar surface area (TPSA) is 51.5 Å². The minimum Gasteiger partial charge on any atom is -0.451 e. The molecular weight excluding hydrogens is 206 g/mol. The average Bonchev–Trinajstić information content (AvgIpc) is 2.73. The molecular formula is C12H13NO3. The van der Waals surface area contributed by atoms with Gasteiger partial charge < -0.3 is 14.5 Å². The minimum absolute atomic E-state index is 0.215. The van der Waals surface area contributed by atoms with Gasteiger partial charge in [-0.15, -0.1) is 0 Å². The van der Waals surface area contributed by atoms with Gasteiger partial charge in [-0.1, -0.05) is 18.2 Å². The summed E-state index contributed by atoms with van der Waals surface area (Å²) in [4.78, 5) is 11.6. The van der Waals surface area contributed by atoms with Crippen LogP contribution in [0.25, 0.3) is 11.0 Å². The highest BCUT2D eigenvalue weighted by atomic mass is 16.5. The normalized spacial score (nSPS) is 10.6. The van der Waals surface area contributed by atoms with Crippen molar-refractivity contribution in [2.45, 2.75) is 0 Å². The second-order valence-corrected chi connectivity index (χ2v) is 3.40. The van der Waals surface area contributed by atoms with Crippen molar-refractivity contribution in [3.8, 4) is 0 Å². The number of rotatable bonds is 4. The van der Waals surface area contributed by atoms with Gasteiger partial charge >= 0.3 is 0 Å². The summed E-state index contributed by atoms with van der Waals surface area (Å²) in [5.74, 6) is 0.116. The van der Waals surface area contributed by atoms with Crippen LogP contribution in [-0.2, 0) is 4.74 Å². The van der Waals surface area contributed by atoms with E-state index in [4.69, 9.17) is 9.15 Å². The largest absolute Gasteiger partial charge is 0.451 e. The zero-order valence-corrected chi connectivity index (χ0v) is 9.03. The number of para-hydroxylation sites is 1. The summed E-state index contributed by atoms with van der Waals surface area (Å²) in [7, 11) is 1.59. The van der Waals surface area contributed by atoms with Gasteiger partial charge in [0.1, 0.15) is 5.58 Å². The molecule has 0 aliphatic carbocycles. The molecule has 16 heavy (non-hydrogen) atoms. The maximum absolute atomic E-state index is 11.6. The van der Waals surface area contributed by atoms with E-state index in [0.717, 1.165) is 11.0 Å². The van der Waals surface area contributed by atoms with Crippen LogP contribution in [0.1, 0.15) is 10.6 Å². The Kier molecular flexibility index (Phi) is 3.22. The third-order valence-corrected chi connectivity index (χ3v) is 2.24. The molecule has 0 aliphatic heterocycles. The molecule has 0 saturated carbocycles. The second kappa shape index (κ2) is 4.81. The van der Waals surface area contributed by atoms with Crippen molar-refractivity contribution in [1.82, 2.24) is 5.32 Å². The first kappa shape index (κ1) is 10.7. The SMILES string of the molecule is COCCNC(=O)c1cc2ccccc2o1. The van der Waals surface area contributed by atoms with Crippen molar-refractivity contribution >= 4 is 16.9 Å². The molecule has 1 aromatic heterocycles. The molecule has 0 atom stereocenters. The number of methoxy groups -OCH3 is 1. The summed E-state index contributed by atoms with van der Waals surface area (Å²) in [5.41, 5.74) is 0.722. The van der Waals surface area contributed by atoms with Crippen molar-refractivity contribution in [1.29, 1.82) is 0 Å². The molecule has 0 radical (unpaired) electrons. The number of nitrogens with one attached hydrogen (secondary N) is 1. The van der Waals surface area contributed by atoms with E-state index in [1.807, 2.05) is 24.3 Å². The molecule has 0 fully saturated rings. The summed E-state index contributed by atoms with van der Waals surface area (Å²) >= 11 is 0. The van der Waals surface area contributed by atoms with E-state index >= 15 is 0 Å². The Labute approximate surface area is 93.2 Å². The summed E-state index contributed by atoms with van der Waals surface area (Å²) in [6.45, 7) is 0.971. The Morgan fingerprint density at radius 3 is 3.00 bits per heavy atom. The number of hydrogen-bond donors (Lipinski definition) is 1. The molecule has 0 bridgehead atoms. The van der Waals surface area contributed by atoms with E-state index in [-0.39, 0.29) is 5.91 Å². The first-order valence-corrected chi connectivity index (χ1v) is 5.07. The number of fused-ring (bicyclic) bond motifs is 1. The highest BCUT2D eigenvalue weighted by Crippen LogP contribution is 2.18. The number of ether oxygens (including phenoxy) is 1. The highest BCUT2D eigenvalue weighted by molar-refractivity contribution is 5.95. The van der Waals surface area contributed by atoms with Gasteiger partial charge in [0.2, 0.25) is 0 Å². The number of carbonyl (C=O) groups is 1. The Morgan fingerprint density at radius 1 is 1.44 bits per heavy atom. The van der Waals surface area contributed by atoms with Crippen LogP contribution in [0.3, 0.4) is 0 Å². The van der Waals surface area contributed by atoms with Gasteiger partial charge in [0.25, 0.3) is 5.91 Å². The van der Waals surface area contributed by atoms with Crippen LogP contribution in [0, 0.1) is 0 Å². The minimum atomic E-state index is -0.215. The molecule has 2 aromatic rings. The van der Waals surface area contributed by atoms with Crippen LogP contribution in [0.5, 0.6) is 0 Å². The molecule has 1 heterocycles. The van der Waals surface area contributed by atoms with Crippen LogP contribution < -0.4 is 5.32 Å². The zero-order chi connectivity index (χ0) is 11.4. The lowest BCUT2D eigenvalue weighted by Gasteiger charge is -2.00. The molecule has 0 saturated heterocycles. The van der Waals surface area contributed by atoms with Gasteiger partial charge in [-0.3, -0.25) is 4.79 Å². The monoisotopic (exact) mass is 219 g/mol. The fraction of sp³-hybridized carbons (Fsp3) is 0.250. The van der Waals surface area contributed by atoms with E-state index in [0.29, 0.717) is 18.9 Å². The second-order valence-electron chi connectivity index (χ2n) is 3.40. The summed E-state index contributed by atoms with van der Waals surface area (Å²) in [5, 5.41) is 3.63. The Bertz CT molecular complexity index is 457. The van der Waals surface area contributed by atoms with Gasteiger partial charge in [-0.25, -0.2) is 0 Å². The molecule has 0 unspecified atom stereocenters. The first-order valence-electron chi connectivity index (χ1n) is 5.07.